The molecule has 2 aliphatic rings. The Morgan fingerprint density at radius 1 is 1.44 bits per heavy atom. The Hall–Kier alpha value is -2.64. The molecule has 0 amide bonds. The molecule has 1 saturated heterocycles. The monoisotopic (exact) mass is 437 g/mol. The second-order valence-corrected chi connectivity index (χ2v) is 9.85. The highest BCUT2D eigenvalue weighted by Gasteiger charge is 2.47. The van der Waals surface area contributed by atoms with E-state index in [1.807, 2.05) is 25.2 Å². The van der Waals surface area contributed by atoms with Crippen LogP contribution in [0.25, 0.3) is 11.0 Å². The molecule has 3 N–H and O–H groups in total. The van der Waals surface area contributed by atoms with Crippen LogP contribution >= 0.6 is 0 Å². The van der Waals surface area contributed by atoms with E-state index in [0.29, 0.717) is 18.8 Å². The quantitative estimate of drug-likeness (QED) is 0.462. The van der Waals surface area contributed by atoms with Crippen LogP contribution in [0.3, 0.4) is 0 Å². The number of allylic oxidation sites excluding steroid dienone is 3. The van der Waals surface area contributed by atoms with E-state index >= 15 is 0 Å². The number of aliphatic hydroxyl groups is 1. The summed E-state index contributed by atoms with van der Waals surface area (Å²) in [5.41, 5.74) is 4.79. The van der Waals surface area contributed by atoms with E-state index in [2.05, 4.69) is 46.6 Å². The number of fused-ring (bicyclic) bond motifs is 1. The molecule has 3 unspecified atom stereocenters. The molecule has 32 heavy (non-hydrogen) atoms. The van der Waals surface area contributed by atoms with E-state index in [1.54, 1.807) is 6.08 Å². The lowest BCUT2D eigenvalue weighted by Gasteiger charge is -2.52. The van der Waals surface area contributed by atoms with Crippen molar-refractivity contribution in [3.63, 3.8) is 0 Å². The number of ether oxygens (including phenoxy) is 1. The maximum atomic E-state index is 10.5. The van der Waals surface area contributed by atoms with E-state index in [9.17, 15) is 5.11 Å². The van der Waals surface area contributed by atoms with Crippen LogP contribution in [-0.2, 0) is 11.3 Å². The number of aromatic nitrogens is 2. The zero-order chi connectivity index (χ0) is 22.9. The van der Waals surface area contributed by atoms with Crippen molar-refractivity contribution in [1.82, 2.24) is 14.5 Å². The molecule has 1 spiro atoms. The standard InChI is InChI=1S/C25H35N5O2/c1-5-18(2)22(12-26)30-15-25(16-32-23(30)31)10-6-9-24(3,13-25)14-29-17-28-20-8-7-19(27-4)11-21(20)29/h5,7-8,11-12,17,23,26-27,31H,1,6,9-10,13-16H2,2-4H3/b22-18+,26-12?. The fourth-order valence-electron chi connectivity index (χ4n) is 5.67. The highest BCUT2D eigenvalue weighted by atomic mass is 16.6. The predicted molar refractivity (Wildman–Crippen MR) is 129 cm³/mol. The van der Waals surface area contributed by atoms with Crippen LogP contribution in [0.5, 0.6) is 0 Å². The van der Waals surface area contributed by atoms with Crippen LogP contribution in [-0.4, -0.2) is 52.4 Å². The van der Waals surface area contributed by atoms with Gasteiger partial charge in [-0.1, -0.05) is 26.0 Å². The number of anilines is 1. The van der Waals surface area contributed by atoms with Gasteiger partial charge in [0.25, 0.3) is 0 Å². The highest BCUT2D eigenvalue weighted by molar-refractivity contribution is 5.79. The third kappa shape index (κ3) is 4.19. The minimum Gasteiger partial charge on any atom is -0.388 e. The number of nitrogens with one attached hydrogen (secondary N) is 2. The first kappa shape index (κ1) is 22.6. The largest absolute Gasteiger partial charge is 0.388 e. The zero-order valence-corrected chi connectivity index (χ0v) is 19.4. The number of rotatable bonds is 6. The Morgan fingerprint density at radius 3 is 2.97 bits per heavy atom. The highest BCUT2D eigenvalue weighted by Crippen LogP contribution is 2.50. The van der Waals surface area contributed by atoms with Crippen molar-refractivity contribution in [2.45, 2.75) is 52.5 Å². The van der Waals surface area contributed by atoms with Crippen molar-refractivity contribution in [3.05, 3.63) is 48.5 Å². The van der Waals surface area contributed by atoms with Gasteiger partial charge in [-0.3, -0.25) is 0 Å². The van der Waals surface area contributed by atoms with Crippen LogP contribution in [0.2, 0.25) is 0 Å². The van der Waals surface area contributed by atoms with E-state index in [-0.39, 0.29) is 10.8 Å². The molecular weight excluding hydrogens is 402 g/mol. The maximum Gasteiger partial charge on any atom is 0.238 e. The number of aliphatic hydroxyl groups excluding tert-OH is 1. The molecule has 3 atom stereocenters. The lowest BCUT2D eigenvalue weighted by molar-refractivity contribution is -0.247. The van der Waals surface area contributed by atoms with Crippen molar-refractivity contribution in [2.75, 3.05) is 25.5 Å². The lowest BCUT2D eigenvalue weighted by Crippen LogP contribution is -2.55. The van der Waals surface area contributed by atoms with Gasteiger partial charge in [-0.2, -0.15) is 0 Å². The van der Waals surface area contributed by atoms with Gasteiger partial charge in [-0.25, -0.2) is 4.98 Å². The van der Waals surface area contributed by atoms with Gasteiger partial charge in [0.15, 0.2) is 0 Å². The van der Waals surface area contributed by atoms with Crippen LogP contribution in [0.1, 0.15) is 39.5 Å². The number of hydrogen-bond acceptors (Lipinski definition) is 6. The summed E-state index contributed by atoms with van der Waals surface area (Å²) in [7, 11) is 1.93. The van der Waals surface area contributed by atoms with E-state index < -0.39 is 6.41 Å². The molecular formula is C25H35N5O2. The maximum absolute atomic E-state index is 10.5. The third-order valence-electron chi connectivity index (χ3n) is 7.22. The average molecular weight is 438 g/mol. The Kier molecular flexibility index (Phi) is 6.14. The fourth-order valence-corrected chi connectivity index (χ4v) is 5.67. The Labute approximate surface area is 190 Å². The van der Waals surface area contributed by atoms with Gasteiger partial charge in [0, 0.05) is 37.5 Å². The van der Waals surface area contributed by atoms with Crippen LogP contribution < -0.4 is 5.32 Å². The van der Waals surface area contributed by atoms with Gasteiger partial charge in [0.05, 0.1) is 29.7 Å². The molecule has 0 radical (unpaired) electrons. The summed E-state index contributed by atoms with van der Waals surface area (Å²) in [5.74, 6) is 0. The van der Waals surface area contributed by atoms with Crippen LogP contribution in [0.4, 0.5) is 5.69 Å². The zero-order valence-electron chi connectivity index (χ0n) is 19.4. The summed E-state index contributed by atoms with van der Waals surface area (Å²) < 4.78 is 8.15. The summed E-state index contributed by atoms with van der Waals surface area (Å²) in [6.07, 6.45) is 8.24. The normalized spacial score (nSPS) is 29.1. The van der Waals surface area contributed by atoms with Gasteiger partial charge < -0.3 is 30.0 Å². The first-order valence-electron chi connectivity index (χ1n) is 11.3. The number of hydrogen-bond donors (Lipinski definition) is 3. The first-order valence-corrected chi connectivity index (χ1v) is 11.3. The molecule has 7 nitrogen and oxygen atoms in total. The molecule has 1 aromatic heterocycles. The smallest absolute Gasteiger partial charge is 0.238 e. The van der Waals surface area contributed by atoms with Crippen molar-refractivity contribution >= 4 is 22.9 Å². The van der Waals surface area contributed by atoms with Gasteiger partial charge in [0.2, 0.25) is 6.41 Å². The SMILES string of the molecule is C=C/C(C)=C(\C=N)N1CC2(CCCC(C)(Cn3cnc4ccc(NC)cc43)C2)COC1O. The van der Waals surface area contributed by atoms with Gasteiger partial charge >= 0.3 is 0 Å². The van der Waals surface area contributed by atoms with Gasteiger partial charge in [-0.05, 0) is 55.4 Å². The average Bonchev–Trinajstić information content (AvgIpc) is 3.17. The minimum atomic E-state index is -1.03. The fraction of sp³-hybridized carbons (Fsp3) is 0.520. The predicted octanol–water partition coefficient (Wildman–Crippen LogP) is 4.36. The Balaban J connectivity index is 1.59. The summed E-state index contributed by atoms with van der Waals surface area (Å²) in [6, 6.07) is 6.27. The molecule has 7 heteroatoms. The molecule has 1 aromatic carbocycles. The molecule has 2 aromatic rings. The van der Waals surface area contributed by atoms with Crippen molar-refractivity contribution < 1.29 is 9.84 Å². The summed E-state index contributed by atoms with van der Waals surface area (Å²) in [5, 5.41) is 21.7. The van der Waals surface area contributed by atoms with Crippen molar-refractivity contribution in [1.29, 1.82) is 5.41 Å². The van der Waals surface area contributed by atoms with E-state index in [0.717, 1.165) is 54.5 Å². The summed E-state index contributed by atoms with van der Waals surface area (Å²) in [4.78, 5) is 6.43. The van der Waals surface area contributed by atoms with Crippen LogP contribution in [0, 0.1) is 16.2 Å². The molecule has 1 aliphatic carbocycles. The van der Waals surface area contributed by atoms with E-state index in [1.165, 1.54) is 6.21 Å². The second kappa shape index (κ2) is 8.71. The lowest BCUT2D eigenvalue weighted by atomic mass is 9.62. The minimum absolute atomic E-state index is 0.0611. The van der Waals surface area contributed by atoms with E-state index in [4.69, 9.17) is 10.1 Å². The Morgan fingerprint density at radius 2 is 2.25 bits per heavy atom. The summed E-state index contributed by atoms with van der Waals surface area (Å²) in [6.45, 7) is 10.2. The number of imidazole rings is 1. The van der Waals surface area contributed by atoms with Crippen LogP contribution in [0.15, 0.2) is 48.5 Å². The molecule has 1 saturated carbocycles. The third-order valence-corrected chi connectivity index (χ3v) is 7.22. The molecule has 1 aliphatic heterocycles. The van der Waals surface area contributed by atoms with Crippen molar-refractivity contribution in [3.8, 4) is 0 Å². The molecule has 4 rings (SSSR count). The first-order chi connectivity index (χ1) is 15.3. The molecule has 2 fully saturated rings. The molecule has 172 valence electrons. The molecule has 2 heterocycles. The second-order valence-electron chi connectivity index (χ2n) is 9.85. The number of nitrogens with zero attached hydrogens (tertiary/aromatic N) is 3. The molecule has 0 bridgehead atoms. The van der Waals surface area contributed by atoms with Gasteiger partial charge in [0.1, 0.15) is 0 Å². The Bertz CT molecular complexity index is 1040. The topological polar surface area (TPSA) is 86.4 Å². The van der Waals surface area contributed by atoms with Crippen molar-refractivity contribution in [2.24, 2.45) is 10.8 Å². The summed E-state index contributed by atoms with van der Waals surface area (Å²) >= 11 is 0. The number of benzene rings is 1. The van der Waals surface area contributed by atoms with Gasteiger partial charge in [-0.15, -0.1) is 0 Å².